The van der Waals surface area contributed by atoms with E-state index in [-0.39, 0.29) is 5.56 Å². The monoisotopic (exact) mass is 246 g/mol. The van der Waals surface area contributed by atoms with Crippen LogP contribution in [0.2, 0.25) is 0 Å². The summed E-state index contributed by atoms with van der Waals surface area (Å²) >= 11 is 0. The highest BCUT2D eigenvalue weighted by Gasteiger charge is 2.07. The first-order chi connectivity index (χ1) is 8.66. The number of nitrogens with one attached hydrogen (secondary N) is 1. The van der Waals surface area contributed by atoms with Crippen molar-refractivity contribution < 1.29 is 14.3 Å². The summed E-state index contributed by atoms with van der Waals surface area (Å²) < 4.78 is 5.13. The molecule has 0 aliphatic carbocycles. The number of furan rings is 1. The van der Waals surface area contributed by atoms with Crippen LogP contribution in [0, 0.1) is 6.92 Å². The first-order valence-corrected chi connectivity index (χ1v) is 5.58. The second kappa shape index (κ2) is 5.46. The van der Waals surface area contributed by atoms with Crippen LogP contribution in [0.5, 0.6) is 0 Å². The van der Waals surface area contributed by atoms with Gasteiger partial charge in [-0.15, -0.1) is 0 Å². The molecule has 0 aliphatic heterocycles. The highest BCUT2D eigenvalue weighted by molar-refractivity contribution is 5.87. The average Bonchev–Trinajstić information content (AvgIpc) is 2.80. The van der Waals surface area contributed by atoms with Crippen LogP contribution in [0.25, 0.3) is 0 Å². The largest absolute Gasteiger partial charge is 0.478 e. The van der Waals surface area contributed by atoms with Gasteiger partial charge in [0, 0.05) is 12.7 Å². The maximum absolute atomic E-state index is 10.7. The minimum absolute atomic E-state index is 0.167. The summed E-state index contributed by atoms with van der Waals surface area (Å²) in [6, 6.07) is 5.41. The highest BCUT2D eigenvalue weighted by atomic mass is 16.4. The van der Waals surface area contributed by atoms with E-state index in [1.54, 1.807) is 6.20 Å². The quantitative estimate of drug-likeness (QED) is 0.843. The standard InChI is InChI=1S/C13H14N2O3/c1-9-3-2-4-15-12(9)7-14-6-11-5-10(8-18-11)13(16)17/h2-5,8,14H,6-7H2,1H3,(H,16,17). The van der Waals surface area contributed by atoms with Crippen molar-refractivity contribution >= 4 is 5.97 Å². The van der Waals surface area contributed by atoms with Crippen LogP contribution in [0.4, 0.5) is 0 Å². The Morgan fingerprint density at radius 2 is 2.33 bits per heavy atom. The van der Waals surface area contributed by atoms with E-state index in [4.69, 9.17) is 9.52 Å². The number of carboxylic acids is 1. The minimum atomic E-state index is -0.981. The number of aryl methyl sites for hydroxylation is 1. The van der Waals surface area contributed by atoms with Crippen LogP contribution in [0.15, 0.2) is 35.1 Å². The molecular formula is C13H14N2O3. The maximum atomic E-state index is 10.7. The number of carbonyl (C=O) groups is 1. The highest BCUT2D eigenvalue weighted by Crippen LogP contribution is 2.08. The summed E-state index contributed by atoms with van der Waals surface area (Å²) in [4.78, 5) is 14.9. The van der Waals surface area contributed by atoms with Crippen molar-refractivity contribution in [2.24, 2.45) is 0 Å². The molecule has 0 radical (unpaired) electrons. The summed E-state index contributed by atoms with van der Waals surface area (Å²) in [6.45, 7) is 3.10. The van der Waals surface area contributed by atoms with Gasteiger partial charge >= 0.3 is 5.97 Å². The van der Waals surface area contributed by atoms with Gasteiger partial charge < -0.3 is 14.8 Å². The molecule has 2 heterocycles. The molecule has 94 valence electrons. The molecule has 0 saturated heterocycles. The normalized spacial score (nSPS) is 10.5. The lowest BCUT2D eigenvalue weighted by Gasteiger charge is -2.04. The fourth-order valence-electron chi connectivity index (χ4n) is 1.59. The number of aromatic nitrogens is 1. The lowest BCUT2D eigenvalue weighted by Crippen LogP contribution is -2.14. The Kier molecular flexibility index (Phi) is 3.74. The van der Waals surface area contributed by atoms with Crippen molar-refractivity contribution in [3.05, 3.63) is 53.2 Å². The Balaban J connectivity index is 1.88. The van der Waals surface area contributed by atoms with Gasteiger partial charge in [-0.3, -0.25) is 4.98 Å². The predicted molar refractivity (Wildman–Crippen MR) is 65.2 cm³/mol. The third-order valence-corrected chi connectivity index (χ3v) is 2.61. The van der Waals surface area contributed by atoms with Crippen molar-refractivity contribution in [3.63, 3.8) is 0 Å². The number of carboxylic acid groups (broad SMARTS) is 1. The van der Waals surface area contributed by atoms with E-state index >= 15 is 0 Å². The van der Waals surface area contributed by atoms with Gasteiger partial charge in [0.25, 0.3) is 0 Å². The maximum Gasteiger partial charge on any atom is 0.338 e. The van der Waals surface area contributed by atoms with E-state index in [0.717, 1.165) is 11.3 Å². The van der Waals surface area contributed by atoms with E-state index in [1.807, 2.05) is 19.1 Å². The van der Waals surface area contributed by atoms with Gasteiger partial charge in [0.05, 0.1) is 17.8 Å². The Labute approximate surface area is 104 Å². The van der Waals surface area contributed by atoms with Gasteiger partial charge in [-0.2, -0.15) is 0 Å². The molecule has 0 aliphatic rings. The van der Waals surface area contributed by atoms with Crippen molar-refractivity contribution in [1.82, 2.24) is 10.3 Å². The number of pyridine rings is 1. The molecule has 0 bridgehead atoms. The number of hydrogen-bond donors (Lipinski definition) is 2. The number of aromatic carboxylic acids is 1. The molecule has 5 nitrogen and oxygen atoms in total. The number of rotatable bonds is 5. The van der Waals surface area contributed by atoms with Crippen LogP contribution in [-0.2, 0) is 13.1 Å². The molecular weight excluding hydrogens is 232 g/mol. The molecule has 0 atom stereocenters. The van der Waals surface area contributed by atoms with E-state index in [2.05, 4.69) is 10.3 Å². The molecule has 2 rings (SSSR count). The summed E-state index contributed by atoms with van der Waals surface area (Å²) in [7, 11) is 0. The van der Waals surface area contributed by atoms with Crippen LogP contribution in [0.1, 0.15) is 27.4 Å². The Morgan fingerprint density at radius 1 is 1.50 bits per heavy atom. The molecule has 0 aromatic carbocycles. The Bertz CT molecular complexity index is 549. The van der Waals surface area contributed by atoms with Crippen molar-refractivity contribution in [1.29, 1.82) is 0 Å². The molecule has 2 aromatic rings. The van der Waals surface area contributed by atoms with Crippen LogP contribution in [-0.4, -0.2) is 16.1 Å². The lowest BCUT2D eigenvalue weighted by molar-refractivity contribution is 0.0696. The molecule has 5 heteroatoms. The minimum Gasteiger partial charge on any atom is -0.478 e. The first-order valence-electron chi connectivity index (χ1n) is 5.58. The van der Waals surface area contributed by atoms with Gasteiger partial charge in [-0.25, -0.2) is 4.79 Å². The summed E-state index contributed by atoms with van der Waals surface area (Å²) in [5.41, 5.74) is 2.26. The molecule has 0 saturated carbocycles. The predicted octanol–water partition coefficient (Wildman–Crippen LogP) is 1.97. The Hall–Kier alpha value is -2.14. The summed E-state index contributed by atoms with van der Waals surface area (Å²) in [5.74, 6) is -0.383. The van der Waals surface area contributed by atoms with E-state index in [1.165, 1.54) is 12.3 Å². The second-order valence-electron chi connectivity index (χ2n) is 3.98. The average molecular weight is 246 g/mol. The molecule has 18 heavy (non-hydrogen) atoms. The lowest BCUT2D eigenvalue weighted by atomic mass is 10.2. The van der Waals surface area contributed by atoms with Crippen LogP contribution in [0.3, 0.4) is 0 Å². The summed E-state index contributed by atoms with van der Waals surface area (Å²) in [6.07, 6.45) is 2.99. The van der Waals surface area contributed by atoms with Gasteiger partial charge in [-0.1, -0.05) is 6.07 Å². The van der Waals surface area contributed by atoms with E-state index < -0.39 is 5.97 Å². The zero-order valence-corrected chi connectivity index (χ0v) is 10.0. The van der Waals surface area contributed by atoms with Crippen molar-refractivity contribution in [3.8, 4) is 0 Å². The molecule has 0 amide bonds. The molecule has 2 N–H and O–H groups in total. The number of hydrogen-bond acceptors (Lipinski definition) is 4. The van der Waals surface area contributed by atoms with E-state index in [0.29, 0.717) is 18.8 Å². The molecule has 0 spiro atoms. The molecule has 2 aromatic heterocycles. The first kappa shape index (κ1) is 12.3. The number of nitrogens with zero attached hydrogens (tertiary/aromatic N) is 1. The van der Waals surface area contributed by atoms with Crippen molar-refractivity contribution in [2.75, 3.05) is 0 Å². The fourth-order valence-corrected chi connectivity index (χ4v) is 1.59. The van der Waals surface area contributed by atoms with Crippen LogP contribution >= 0.6 is 0 Å². The zero-order chi connectivity index (χ0) is 13.0. The van der Waals surface area contributed by atoms with Gasteiger partial charge in [0.15, 0.2) is 0 Å². The Morgan fingerprint density at radius 3 is 3.00 bits per heavy atom. The van der Waals surface area contributed by atoms with E-state index in [9.17, 15) is 4.79 Å². The molecule has 0 unspecified atom stereocenters. The zero-order valence-electron chi connectivity index (χ0n) is 10.0. The van der Waals surface area contributed by atoms with Gasteiger partial charge in [0.1, 0.15) is 12.0 Å². The van der Waals surface area contributed by atoms with Gasteiger partial charge in [0.2, 0.25) is 0 Å². The topological polar surface area (TPSA) is 75.4 Å². The third kappa shape index (κ3) is 2.95. The van der Waals surface area contributed by atoms with Gasteiger partial charge in [-0.05, 0) is 24.6 Å². The third-order valence-electron chi connectivity index (χ3n) is 2.61. The van der Waals surface area contributed by atoms with Crippen LogP contribution < -0.4 is 5.32 Å². The fraction of sp³-hybridized carbons (Fsp3) is 0.231. The smallest absolute Gasteiger partial charge is 0.338 e. The summed E-state index contributed by atoms with van der Waals surface area (Å²) in [5, 5.41) is 11.9. The van der Waals surface area contributed by atoms with Crippen molar-refractivity contribution in [2.45, 2.75) is 20.0 Å². The SMILES string of the molecule is Cc1cccnc1CNCc1cc(C(=O)O)co1. The second-order valence-corrected chi connectivity index (χ2v) is 3.98. The molecule has 0 fully saturated rings.